The number of pyridine rings is 1. The summed E-state index contributed by atoms with van der Waals surface area (Å²) in [6.45, 7) is 5.16. The van der Waals surface area contributed by atoms with Crippen LogP contribution in [0.2, 0.25) is 5.15 Å². The smallest absolute Gasteiger partial charge is 0.259 e. The largest absolute Gasteiger partial charge is 0.480 e. The van der Waals surface area contributed by atoms with Crippen LogP contribution in [0.3, 0.4) is 0 Å². The van der Waals surface area contributed by atoms with Crippen molar-refractivity contribution in [2.45, 2.75) is 13.8 Å². The van der Waals surface area contributed by atoms with E-state index in [-0.39, 0.29) is 11.8 Å². The Labute approximate surface area is 100 Å². The van der Waals surface area contributed by atoms with Gasteiger partial charge >= 0.3 is 0 Å². The van der Waals surface area contributed by atoms with Gasteiger partial charge in [-0.05, 0) is 26.0 Å². The van der Waals surface area contributed by atoms with Gasteiger partial charge in [0, 0.05) is 13.1 Å². The van der Waals surface area contributed by atoms with Gasteiger partial charge in [-0.2, -0.15) is 0 Å². The zero-order valence-electron chi connectivity index (χ0n) is 9.66. The van der Waals surface area contributed by atoms with E-state index in [1.54, 1.807) is 17.0 Å². The standard InChI is InChI=1S/C11H15ClN2O2/c1-4-14(5-2)11(15)8-6-7-9(12)13-10(8)16-3/h6-7H,4-5H2,1-3H3. The number of carbonyl (C=O) groups is 1. The summed E-state index contributed by atoms with van der Waals surface area (Å²) in [5.74, 6) is 0.176. The van der Waals surface area contributed by atoms with Gasteiger partial charge in [-0.1, -0.05) is 11.6 Å². The van der Waals surface area contributed by atoms with Crippen molar-refractivity contribution in [1.29, 1.82) is 0 Å². The van der Waals surface area contributed by atoms with E-state index in [9.17, 15) is 4.79 Å². The molecular formula is C11H15ClN2O2. The third-order valence-corrected chi connectivity index (χ3v) is 2.51. The third-order valence-electron chi connectivity index (χ3n) is 2.30. The summed E-state index contributed by atoms with van der Waals surface area (Å²) in [6.07, 6.45) is 0. The first-order chi connectivity index (χ1) is 7.63. The molecular weight excluding hydrogens is 228 g/mol. The second-order valence-corrected chi connectivity index (χ2v) is 3.56. The number of methoxy groups -OCH3 is 1. The first-order valence-corrected chi connectivity index (χ1v) is 5.51. The summed E-state index contributed by atoms with van der Waals surface area (Å²) in [5.41, 5.74) is 0.440. The van der Waals surface area contributed by atoms with Gasteiger partial charge in [0.2, 0.25) is 5.88 Å². The molecule has 0 saturated heterocycles. The number of rotatable bonds is 4. The lowest BCUT2D eigenvalue weighted by Crippen LogP contribution is -2.30. The van der Waals surface area contributed by atoms with Gasteiger partial charge in [0.05, 0.1) is 7.11 Å². The van der Waals surface area contributed by atoms with Gasteiger partial charge in [0.1, 0.15) is 10.7 Å². The SMILES string of the molecule is CCN(CC)C(=O)c1ccc(Cl)nc1OC. The minimum atomic E-state index is -0.0917. The van der Waals surface area contributed by atoms with Crippen molar-refractivity contribution in [2.75, 3.05) is 20.2 Å². The summed E-state index contributed by atoms with van der Waals surface area (Å²) in [6, 6.07) is 3.22. The Morgan fingerprint density at radius 3 is 2.56 bits per heavy atom. The molecule has 16 heavy (non-hydrogen) atoms. The van der Waals surface area contributed by atoms with Crippen molar-refractivity contribution in [3.8, 4) is 5.88 Å². The Morgan fingerprint density at radius 2 is 2.06 bits per heavy atom. The van der Waals surface area contributed by atoms with Gasteiger partial charge in [0.15, 0.2) is 0 Å². The number of halogens is 1. The Kier molecular flexibility index (Phi) is 4.55. The van der Waals surface area contributed by atoms with E-state index in [1.807, 2.05) is 13.8 Å². The zero-order chi connectivity index (χ0) is 12.1. The maximum absolute atomic E-state index is 12.1. The van der Waals surface area contributed by atoms with E-state index >= 15 is 0 Å². The minimum Gasteiger partial charge on any atom is -0.480 e. The zero-order valence-corrected chi connectivity index (χ0v) is 10.4. The van der Waals surface area contributed by atoms with Gasteiger partial charge in [0.25, 0.3) is 5.91 Å². The second-order valence-electron chi connectivity index (χ2n) is 3.17. The molecule has 5 heteroatoms. The van der Waals surface area contributed by atoms with Crippen LogP contribution in [-0.4, -0.2) is 36.0 Å². The average molecular weight is 243 g/mol. The monoisotopic (exact) mass is 242 g/mol. The van der Waals surface area contributed by atoms with Crippen LogP contribution >= 0.6 is 11.6 Å². The van der Waals surface area contributed by atoms with Crippen molar-refractivity contribution in [3.05, 3.63) is 22.8 Å². The van der Waals surface area contributed by atoms with Crippen LogP contribution in [0.4, 0.5) is 0 Å². The molecule has 0 radical (unpaired) electrons. The molecule has 0 saturated carbocycles. The second kappa shape index (κ2) is 5.70. The molecule has 1 heterocycles. The molecule has 4 nitrogen and oxygen atoms in total. The van der Waals surface area contributed by atoms with Gasteiger partial charge in [-0.15, -0.1) is 0 Å². The lowest BCUT2D eigenvalue weighted by molar-refractivity contribution is 0.0769. The summed E-state index contributed by atoms with van der Waals surface area (Å²) >= 11 is 5.73. The summed E-state index contributed by atoms with van der Waals surface area (Å²) in [4.78, 5) is 17.7. The fourth-order valence-electron chi connectivity index (χ4n) is 1.42. The van der Waals surface area contributed by atoms with E-state index in [0.29, 0.717) is 23.8 Å². The lowest BCUT2D eigenvalue weighted by Gasteiger charge is -2.19. The fourth-order valence-corrected chi connectivity index (χ4v) is 1.56. The van der Waals surface area contributed by atoms with E-state index in [2.05, 4.69) is 4.98 Å². The number of aromatic nitrogens is 1. The van der Waals surface area contributed by atoms with E-state index in [0.717, 1.165) is 0 Å². The minimum absolute atomic E-state index is 0.0917. The molecule has 0 fully saturated rings. The molecule has 0 unspecified atom stereocenters. The van der Waals surface area contributed by atoms with Crippen molar-refractivity contribution in [3.63, 3.8) is 0 Å². The molecule has 0 spiro atoms. The highest BCUT2D eigenvalue weighted by Crippen LogP contribution is 2.20. The van der Waals surface area contributed by atoms with E-state index < -0.39 is 0 Å². The highest BCUT2D eigenvalue weighted by Gasteiger charge is 2.18. The molecule has 0 aromatic carbocycles. The molecule has 0 aliphatic rings. The number of nitrogens with zero attached hydrogens (tertiary/aromatic N) is 2. The van der Waals surface area contributed by atoms with Crippen molar-refractivity contribution < 1.29 is 9.53 Å². The topological polar surface area (TPSA) is 42.4 Å². The maximum atomic E-state index is 12.1. The van der Waals surface area contributed by atoms with E-state index in [1.165, 1.54) is 7.11 Å². The quantitative estimate of drug-likeness (QED) is 0.761. The van der Waals surface area contributed by atoms with Crippen molar-refractivity contribution in [1.82, 2.24) is 9.88 Å². The first-order valence-electron chi connectivity index (χ1n) is 5.13. The number of hydrogen-bond donors (Lipinski definition) is 0. The molecule has 1 rings (SSSR count). The predicted octanol–water partition coefficient (Wildman–Crippen LogP) is 2.23. The van der Waals surface area contributed by atoms with Crippen LogP contribution in [0.1, 0.15) is 24.2 Å². The molecule has 0 bridgehead atoms. The number of amides is 1. The van der Waals surface area contributed by atoms with Crippen LogP contribution in [0.15, 0.2) is 12.1 Å². The Balaban J connectivity index is 3.07. The molecule has 0 aliphatic heterocycles. The van der Waals surface area contributed by atoms with Crippen LogP contribution < -0.4 is 4.74 Å². The highest BCUT2D eigenvalue weighted by atomic mass is 35.5. The lowest BCUT2D eigenvalue weighted by atomic mass is 10.2. The van der Waals surface area contributed by atoms with Gasteiger partial charge in [-0.3, -0.25) is 4.79 Å². The Morgan fingerprint density at radius 1 is 1.44 bits per heavy atom. The van der Waals surface area contributed by atoms with Crippen LogP contribution in [0.5, 0.6) is 5.88 Å². The third kappa shape index (κ3) is 2.64. The highest BCUT2D eigenvalue weighted by molar-refractivity contribution is 6.29. The summed E-state index contributed by atoms with van der Waals surface area (Å²) in [5, 5.41) is 0.313. The van der Waals surface area contributed by atoms with Gasteiger partial charge in [-0.25, -0.2) is 4.98 Å². The number of hydrogen-bond acceptors (Lipinski definition) is 3. The van der Waals surface area contributed by atoms with Crippen LogP contribution in [-0.2, 0) is 0 Å². The normalized spacial score (nSPS) is 10.0. The molecule has 1 aromatic rings. The number of ether oxygens (including phenoxy) is 1. The van der Waals surface area contributed by atoms with Crippen molar-refractivity contribution >= 4 is 17.5 Å². The molecule has 88 valence electrons. The fraction of sp³-hybridized carbons (Fsp3) is 0.455. The Hall–Kier alpha value is -1.29. The summed E-state index contributed by atoms with van der Waals surface area (Å²) in [7, 11) is 1.47. The molecule has 1 aromatic heterocycles. The predicted molar refractivity (Wildman–Crippen MR) is 63.1 cm³/mol. The van der Waals surface area contributed by atoms with Gasteiger partial charge < -0.3 is 9.64 Å². The van der Waals surface area contributed by atoms with Crippen molar-refractivity contribution in [2.24, 2.45) is 0 Å². The van der Waals surface area contributed by atoms with Crippen LogP contribution in [0.25, 0.3) is 0 Å². The molecule has 0 atom stereocenters. The Bertz CT molecular complexity index is 378. The maximum Gasteiger partial charge on any atom is 0.259 e. The molecule has 0 aliphatic carbocycles. The summed E-state index contributed by atoms with van der Waals surface area (Å²) < 4.78 is 5.04. The molecule has 0 N–H and O–H groups in total. The van der Waals surface area contributed by atoms with Crippen LogP contribution in [0, 0.1) is 0 Å². The first kappa shape index (κ1) is 12.8. The number of carbonyl (C=O) groups excluding carboxylic acids is 1. The molecule has 1 amide bonds. The van der Waals surface area contributed by atoms with E-state index in [4.69, 9.17) is 16.3 Å². The average Bonchev–Trinajstić information content (AvgIpc) is 2.30.